The second kappa shape index (κ2) is 6.53. The Balaban J connectivity index is 1.89. The van der Waals surface area contributed by atoms with Gasteiger partial charge < -0.3 is 9.47 Å². The van der Waals surface area contributed by atoms with Crippen molar-refractivity contribution in [3.8, 4) is 0 Å². The van der Waals surface area contributed by atoms with Gasteiger partial charge in [0.15, 0.2) is 0 Å². The average molecular weight is 260 g/mol. The minimum Gasteiger partial charge on any atom is -0.469 e. The molecular weight excluding hydrogens is 240 g/mol. The minimum absolute atomic E-state index is 0.104. The molecule has 0 saturated heterocycles. The lowest BCUT2D eigenvalue weighted by Crippen LogP contribution is -2.19. The van der Waals surface area contributed by atoms with Crippen molar-refractivity contribution in [3.63, 3.8) is 0 Å². The van der Waals surface area contributed by atoms with E-state index in [1.807, 2.05) is 36.4 Å². The normalized spacial score (nSPS) is 26.1. The van der Waals surface area contributed by atoms with E-state index in [0.717, 1.165) is 18.4 Å². The fourth-order valence-corrected chi connectivity index (χ4v) is 2.63. The third kappa shape index (κ3) is 3.44. The summed E-state index contributed by atoms with van der Waals surface area (Å²) in [5.74, 6) is -0.104. The molecule has 1 saturated carbocycles. The molecule has 3 nitrogen and oxygen atoms in total. The Morgan fingerprint density at radius 3 is 2.74 bits per heavy atom. The first-order valence-electron chi connectivity index (χ1n) is 6.60. The number of carbonyl (C=O) groups excluding carboxylic acids is 1. The molecule has 3 heteroatoms. The van der Waals surface area contributed by atoms with Gasteiger partial charge in [-0.3, -0.25) is 4.79 Å². The predicted molar refractivity (Wildman–Crippen MR) is 73.4 cm³/mol. The van der Waals surface area contributed by atoms with Gasteiger partial charge in [-0.15, -0.1) is 6.58 Å². The highest BCUT2D eigenvalue weighted by atomic mass is 16.5. The first-order chi connectivity index (χ1) is 9.24. The summed E-state index contributed by atoms with van der Waals surface area (Å²) < 4.78 is 10.7. The van der Waals surface area contributed by atoms with Crippen molar-refractivity contribution in [2.75, 3.05) is 7.11 Å². The quantitative estimate of drug-likeness (QED) is 0.603. The van der Waals surface area contributed by atoms with Crippen LogP contribution in [0.15, 0.2) is 43.0 Å². The van der Waals surface area contributed by atoms with Gasteiger partial charge in [-0.2, -0.15) is 0 Å². The molecule has 1 aliphatic carbocycles. The summed E-state index contributed by atoms with van der Waals surface area (Å²) in [6.45, 7) is 4.39. The maximum Gasteiger partial charge on any atom is 0.309 e. The van der Waals surface area contributed by atoms with Gasteiger partial charge in [-0.25, -0.2) is 0 Å². The number of carbonyl (C=O) groups is 1. The summed E-state index contributed by atoms with van der Waals surface area (Å²) in [6, 6.07) is 10.1. The molecule has 0 bridgehead atoms. The van der Waals surface area contributed by atoms with Crippen molar-refractivity contribution in [2.45, 2.75) is 25.6 Å². The maximum absolute atomic E-state index is 11.7. The van der Waals surface area contributed by atoms with Gasteiger partial charge in [-0.1, -0.05) is 36.4 Å². The number of methoxy groups -OCH3 is 1. The maximum atomic E-state index is 11.7. The molecule has 1 fully saturated rings. The van der Waals surface area contributed by atoms with Crippen LogP contribution in [-0.4, -0.2) is 19.2 Å². The van der Waals surface area contributed by atoms with Crippen LogP contribution in [-0.2, 0) is 20.9 Å². The number of hydrogen-bond acceptors (Lipinski definition) is 3. The lowest BCUT2D eigenvalue weighted by Gasteiger charge is -2.12. The summed E-state index contributed by atoms with van der Waals surface area (Å²) in [4.78, 5) is 11.7. The molecule has 1 aromatic rings. The third-order valence-corrected chi connectivity index (χ3v) is 3.70. The van der Waals surface area contributed by atoms with Gasteiger partial charge in [0.05, 0.1) is 25.7 Å². The highest BCUT2D eigenvalue weighted by Gasteiger charge is 2.38. The van der Waals surface area contributed by atoms with Crippen LogP contribution < -0.4 is 0 Å². The van der Waals surface area contributed by atoms with Gasteiger partial charge in [0.25, 0.3) is 0 Å². The Hall–Kier alpha value is -1.61. The number of hydrogen-bond donors (Lipinski definition) is 0. The van der Waals surface area contributed by atoms with Crippen molar-refractivity contribution >= 4 is 5.97 Å². The van der Waals surface area contributed by atoms with Crippen LogP contribution in [0.1, 0.15) is 18.4 Å². The highest BCUT2D eigenvalue weighted by molar-refractivity contribution is 5.73. The number of ether oxygens (including phenoxy) is 2. The van der Waals surface area contributed by atoms with E-state index in [9.17, 15) is 4.79 Å². The topological polar surface area (TPSA) is 35.5 Å². The third-order valence-electron chi connectivity index (χ3n) is 3.70. The Kier molecular flexibility index (Phi) is 4.74. The summed E-state index contributed by atoms with van der Waals surface area (Å²) in [5.41, 5.74) is 1.15. The van der Waals surface area contributed by atoms with Gasteiger partial charge >= 0.3 is 5.97 Å². The Morgan fingerprint density at radius 2 is 2.11 bits per heavy atom. The highest BCUT2D eigenvalue weighted by Crippen LogP contribution is 2.35. The SMILES string of the molecule is C=C[C@@H]1C[C@H](OCc2ccccc2)C[C@@H]1C(=O)OC. The predicted octanol–water partition coefficient (Wildman–Crippen LogP) is 2.96. The number of esters is 1. The molecule has 1 aliphatic rings. The standard InChI is InChI=1S/C16H20O3/c1-3-13-9-14(10-15(13)16(17)18-2)19-11-12-7-5-4-6-8-12/h3-8,13-15H,1,9-11H2,2H3/t13-,14+,15+/m1/s1. The molecule has 0 spiro atoms. The molecule has 0 radical (unpaired) electrons. The molecule has 2 rings (SSSR count). The van der Waals surface area contributed by atoms with Crippen molar-refractivity contribution in [1.82, 2.24) is 0 Å². The van der Waals surface area contributed by atoms with Crippen LogP contribution in [0.3, 0.4) is 0 Å². The van der Waals surface area contributed by atoms with Crippen LogP contribution in [0.4, 0.5) is 0 Å². The molecule has 0 heterocycles. The van der Waals surface area contributed by atoms with E-state index >= 15 is 0 Å². The number of benzene rings is 1. The van der Waals surface area contributed by atoms with Gasteiger partial charge in [-0.05, 0) is 24.3 Å². The summed E-state index contributed by atoms with van der Waals surface area (Å²) in [5, 5.41) is 0. The summed E-state index contributed by atoms with van der Waals surface area (Å²) >= 11 is 0. The second-order valence-corrected chi connectivity index (χ2v) is 4.92. The summed E-state index contributed by atoms with van der Waals surface area (Å²) in [7, 11) is 1.43. The zero-order valence-corrected chi connectivity index (χ0v) is 11.2. The first-order valence-corrected chi connectivity index (χ1v) is 6.60. The van der Waals surface area contributed by atoms with Crippen molar-refractivity contribution in [1.29, 1.82) is 0 Å². The Bertz CT molecular complexity index is 427. The molecule has 0 aliphatic heterocycles. The smallest absolute Gasteiger partial charge is 0.309 e. The van der Waals surface area contributed by atoms with E-state index in [1.165, 1.54) is 7.11 Å². The van der Waals surface area contributed by atoms with E-state index in [-0.39, 0.29) is 23.9 Å². The zero-order valence-electron chi connectivity index (χ0n) is 11.2. The lowest BCUT2D eigenvalue weighted by molar-refractivity contribution is -0.146. The van der Waals surface area contributed by atoms with E-state index < -0.39 is 0 Å². The monoisotopic (exact) mass is 260 g/mol. The van der Waals surface area contributed by atoms with Crippen molar-refractivity contribution in [2.24, 2.45) is 11.8 Å². The van der Waals surface area contributed by atoms with Crippen LogP contribution >= 0.6 is 0 Å². The van der Waals surface area contributed by atoms with Crippen LogP contribution in [0, 0.1) is 11.8 Å². The van der Waals surface area contributed by atoms with E-state index in [4.69, 9.17) is 9.47 Å². The first kappa shape index (κ1) is 13.8. The molecular formula is C16H20O3. The van der Waals surface area contributed by atoms with E-state index in [0.29, 0.717) is 6.61 Å². The van der Waals surface area contributed by atoms with Crippen LogP contribution in [0.5, 0.6) is 0 Å². The largest absolute Gasteiger partial charge is 0.469 e. The fourth-order valence-electron chi connectivity index (χ4n) is 2.63. The van der Waals surface area contributed by atoms with E-state index in [2.05, 4.69) is 6.58 Å². The van der Waals surface area contributed by atoms with Crippen LogP contribution in [0.2, 0.25) is 0 Å². The van der Waals surface area contributed by atoms with Gasteiger partial charge in [0, 0.05) is 0 Å². The fraction of sp³-hybridized carbons (Fsp3) is 0.438. The Morgan fingerprint density at radius 1 is 1.37 bits per heavy atom. The van der Waals surface area contributed by atoms with Crippen LogP contribution in [0.25, 0.3) is 0 Å². The Labute approximate surface area is 114 Å². The van der Waals surface area contributed by atoms with E-state index in [1.54, 1.807) is 0 Å². The minimum atomic E-state index is -0.157. The van der Waals surface area contributed by atoms with Gasteiger partial charge in [0.2, 0.25) is 0 Å². The molecule has 19 heavy (non-hydrogen) atoms. The zero-order chi connectivity index (χ0) is 13.7. The number of allylic oxidation sites excluding steroid dienone is 1. The van der Waals surface area contributed by atoms with Crippen molar-refractivity contribution < 1.29 is 14.3 Å². The second-order valence-electron chi connectivity index (χ2n) is 4.92. The molecule has 1 aromatic carbocycles. The molecule has 3 atom stereocenters. The average Bonchev–Trinajstić information content (AvgIpc) is 2.88. The molecule has 0 aromatic heterocycles. The molecule has 0 N–H and O–H groups in total. The number of rotatable bonds is 5. The summed E-state index contributed by atoms with van der Waals surface area (Å²) in [6.07, 6.45) is 3.51. The lowest BCUT2D eigenvalue weighted by atomic mass is 9.97. The molecule has 0 unspecified atom stereocenters. The molecule has 0 amide bonds. The van der Waals surface area contributed by atoms with Gasteiger partial charge in [0.1, 0.15) is 0 Å². The molecule has 102 valence electrons. The van der Waals surface area contributed by atoms with Crippen molar-refractivity contribution in [3.05, 3.63) is 48.6 Å².